The molecule has 0 radical (unpaired) electrons. The Morgan fingerprint density at radius 3 is 2.88 bits per heavy atom. The van der Waals surface area contributed by atoms with Gasteiger partial charge in [-0.05, 0) is 6.42 Å². The first-order valence-corrected chi connectivity index (χ1v) is 7.01. The molecule has 3 N–H and O–H groups in total. The summed E-state index contributed by atoms with van der Waals surface area (Å²) in [5.74, 6) is 0.0455. The van der Waals surface area contributed by atoms with E-state index in [2.05, 4.69) is 0 Å². The molecule has 0 aromatic rings. The van der Waals surface area contributed by atoms with Crippen molar-refractivity contribution in [3.05, 3.63) is 0 Å². The molecule has 0 spiro atoms. The highest BCUT2D eigenvalue weighted by Crippen LogP contribution is 2.11. The van der Waals surface area contributed by atoms with Crippen LogP contribution in [0.3, 0.4) is 0 Å². The molecular weight excluding hydrogens is 230 g/mol. The number of morpholine rings is 1. The molecule has 1 saturated heterocycles. The molecule has 1 atom stereocenters. The number of ether oxygens (including phenoxy) is 1. The number of rotatable bonds is 5. The monoisotopic (exact) mass is 249 g/mol. The number of sulfonamides is 1. The Kier molecular flexibility index (Phi) is 4.69. The molecule has 94 valence electrons. The summed E-state index contributed by atoms with van der Waals surface area (Å²) in [6.07, 6.45) is 0.912. The van der Waals surface area contributed by atoms with E-state index in [4.69, 9.17) is 15.9 Å². The van der Waals surface area contributed by atoms with E-state index < -0.39 is 16.1 Å². The van der Waals surface area contributed by atoms with Crippen LogP contribution < -0.4 is 5.73 Å². The average Bonchev–Trinajstić information content (AvgIpc) is 2.26. The zero-order valence-electron chi connectivity index (χ0n) is 9.48. The van der Waals surface area contributed by atoms with Crippen molar-refractivity contribution in [2.45, 2.75) is 25.9 Å². The molecule has 0 aliphatic carbocycles. The minimum absolute atomic E-state index is 0.115. The van der Waals surface area contributed by atoms with Crippen LogP contribution in [0.2, 0.25) is 0 Å². The van der Waals surface area contributed by atoms with Gasteiger partial charge in [-0.1, -0.05) is 13.3 Å². The first-order valence-electron chi connectivity index (χ1n) is 5.40. The molecule has 0 amide bonds. The van der Waals surface area contributed by atoms with Crippen LogP contribution in [0.5, 0.6) is 0 Å². The summed E-state index contributed by atoms with van der Waals surface area (Å²) in [5, 5.41) is 7.25. The third-order valence-corrected chi connectivity index (χ3v) is 4.45. The lowest BCUT2D eigenvalue weighted by Crippen LogP contribution is -2.50. The van der Waals surface area contributed by atoms with Crippen molar-refractivity contribution in [2.24, 2.45) is 5.73 Å². The second-order valence-electron chi connectivity index (χ2n) is 3.84. The molecule has 0 bridgehead atoms. The lowest BCUT2D eigenvalue weighted by Gasteiger charge is -2.31. The number of nitrogens with one attached hydrogen (secondary N) is 1. The quantitative estimate of drug-likeness (QED) is 0.519. The largest absolute Gasteiger partial charge is 0.385 e. The molecule has 1 fully saturated rings. The topological polar surface area (TPSA) is 96.5 Å². The molecule has 16 heavy (non-hydrogen) atoms. The maximum atomic E-state index is 11.9. The molecule has 1 heterocycles. The zero-order chi connectivity index (χ0) is 12.2. The molecular formula is C9H19N3O3S. The lowest BCUT2D eigenvalue weighted by atomic mass is 10.3. The predicted octanol–water partition coefficient (Wildman–Crippen LogP) is -0.247. The van der Waals surface area contributed by atoms with E-state index in [9.17, 15) is 8.42 Å². The molecule has 1 aliphatic rings. The van der Waals surface area contributed by atoms with Crippen molar-refractivity contribution in [1.29, 1.82) is 5.41 Å². The van der Waals surface area contributed by atoms with Crippen LogP contribution >= 0.6 is 0 Å². The van der Waals surface area contributed by atoms with Gasteiger partial charge in [-0.2, -0.15) is 4.31 Å². The van der Waals surface area contributed by atoms with Crippen molar-refractivity contribution in [3.63, 3.8) is 0 Å². The van der Waals surface area contributed by atoms with Crippen molar-refractivity contribution < 1.29 is 13.2 Å². The van der Waals surface area contributed by atoms with E-state index in [1.807, 2.05) is 6.92 Å². The second-order valence-corrected chi connectivity index (χ2v) is 5.93. The van der Waals surface area contributed by atoms with Crippen molar-refractivity contribution in [3.8, 4) is 0 Å². The van der Waals surface area contributed by atoms with Gasteiger partial charge in [0.2, 0.25) is 10.0 Å². The smallest absolute Gasteiger partial charge is 0.214 e. The van der Waals surface area contributed by atoms with Crippen LogP contribution in [0.25, 0.3) is 0 Å². The first-order chi connectivity index (χ1) is 7.47. The van der Waals surface area contributed by atoms with Crippen LogP contribution in [0.15, 0.2) is 0 Å². The van der Waals surface area contributed by atoms with Crippen molar-refractivity contribution in [1.82, 2.24) is 4.31 Å². The molecule has 6 nitrogen and oxygen atoms in total. The molecule has 0 aromatic carbocycles. The van der Waals surface area contributed by atoms with Gasteiger partial charge in [0, 0.05) is 13.1 Å². The van der Waals surface area contributed by atoms with Gasteiger partial charge in [0.25, 0.3) is 0 Å². The Balaban J connectivity index is 2.62. The Morgan fingerprint density at radius 1 is 1.62 bits per heavy atom. The van der Waals surface area contributed by atoms with Gasteiger partial charge in [-0.15, -0.1) is 0 Å². The SMILES string of the molecule is CCCCS(=O)(=O)N1CCOC(C(=N)N)C1. The number of nitrogens with two attached hydrogens (primary N) is 1. The molecule has 1 aliphatic heterocycles. The Morgan fingerprint density at radius 2 is 2.31 bits per heavy atom. The average molecular weight is 249 g/mol. The summed E-state index contributed by atoms with van der Waals surface area (Å²) in [6, 6.07) is 0. The first kappa shape index (κ1) is 13.4. The van der Waals surface area contributed by atoms with Crippen LogP contribution in [-0.4, -0.2) is 50.1 Å². The molecule has 0 aromatic heterocycles. The maximum absolute atomic E-state index is 11.9. The van der Waals surface area contributed by atoms with Gasteiger partial charge in [0.1, 0.15) is 11.9 Å². The Hall–Kier alpha value is -0.660. The van der Waals surface area contributed by atoms with Crippen LogP contribution in [0, 0.1) is 5.41 Å². The highest BCUT2D eigenvalue weighted by Gasteiger charge is 2.30. The maximum Gasteiger partial charge on any atom is 0.214 e. The normalized spacial score (nSPS) is 23.2. The lowest BCUT2D eigenvalue weighted by molar-refractivity contribution is 0.0368. The molecule has 1 unspecified atom stereocenters. The summed E-state index contributed by atoms with van der Waals surface area (Å²) in [5.41, 5.74) is 5.31. The zero-order valence-corrected chi connectivity index (χ0v) is 10.3. The van der Waals surface area contributed by atoms with Gasteiger partial charge in [-0.25, -0.2) is 8.42 Å². The van der Waals surface area contributed by atoms with E-state index in [-0.39, 0.29) is 18.1 Å². The third kappa shape index (κ3) is 3.43. The Labute approximate surface area is 96.3 Å². The van der Waals surface area contributed by atoms with Crippen LogP contribution in [-0.2, 0) is 14.8 Å². The highest BCUT2D eigenvalue weighted by molar-refractivity contribution is 7.89. The number of unbranched alkanes of at least 4 members (excludes halogenated alkanes) is 1. The summed E-state index contributed by atoms with van der Waals surface area (Å²) in [7, 11) is -3.21. The highest BCUT2D eigenvalue weighted by atomic mass is 32.2. The van der Waals surface area contributed by atoms with E-state index in [0.717, 1.165) is 6.42 Å². The molecule has 1 rings (SSSR count). The summed E-state index contributed by atoms with van der Waals surface area (Å²) < 4.78 is 30.3. The van der Waals surface area contributed by atoms with Gasteiger partial charge < -0.3 is 10.5 Å². The molecule has 0 saturated carbocycles. The van der Waals surface area contributed by atoms with Crippen LogP contribution in [0.1, 0.15) is 19.8 Å². The van der Waals surface area contributed by atoms with E-state index in [1.165, 1.54) is 4.31 Å². The fourth-order valence-corrected chi connectivity index (χ4v) is 3.15. The summed E-state index contributed by atoms with van der Waals surface area (Å²) >= 11 is 0. The van der Waals surface area contributed by atoms with E-state index in [1.54, 1.807) is 0 Å². The van der Waals surface area contributed by atoms with Gasteiger partial charge in [0.05, 0.1) is 12.4 Å². The molecule has 7 heteroatoms. The van der Waals surface area contributed by atoms with Crippen molar-refractivity contribution in [2.75, 3.05) is 25.4 Å². The summed E-state index contributed by atoms with van der Waals surface area (Å²) in [4.78, 5) is 0. The second kappa shape index (κ2) is 5.60. The van der Waals surface area contributed by atoms with Gasteiger partial charge >= 0.3 is 0 Å². The van der Waals surface area contributed by atoms with Crippen molar-refractivity contribution >= 4 is 15.9 Å². The third-order valence-electron chi connectivity index (χ3n) is 2.53. The predicted molar refractivity (Wildman–Crippen MR) is 61.9 cm³/mol. The van der Waals surface area contributed by atoms with Gasteiger partial charge in [-0.3, -0.25) is 5.41 Å². The standard InChI is InChI=1S/C9H19N3O3S/c1-2-3-6-16(13,14)12-4-5-15-8(7-12)9(10)11/h8H,2-7H2,1H3,(H3,10,11). The minimum atomic E-state index is -3.21. The minimum Gasteiger partial charge on any atom is -0.385 e. The number of amidine groups is 1. The Bertz CT molecular complexity index is 342. The number of hydrogen-bond donors (Lipinski definition) is 2. The number of nitrogens with zero attached hydrogens (tertiary/aromatic N) is 1. The number of hydrogen-bond acceptors (Lipinski definition) is 4. The van der Waals surface area contributed by atoms with Crippen LogP contribution in [0.4, 0.5) is 0 Å². The fourth-order valence-electron chi connectivity index (χ4n) is 1.52. The van der Waals surface area contributed by atoms with Gasteiger partial charge in [0.15, 0.2) is 0 Å². The van der Waals surface area contributed by atoms with E-state index >= 15 is 0 Å². The fraction of sp³-hybridized carbons (Fsp3) is 0.889. The van der Waals surface area contributed by atoms with E-state index in [0.29, 0.717) is 19.6 Å². The summed E-state index contributed by atoms with van der Waals surface area (Å²) in [6.45, 7) is 2.78.